The van der Waals surface area contributed by atoms with E-state index in [2.05, 4.69) is 25.3 Å². The van der Waals surface area contributed by atoms with E-state index in [-0.39, 0.29) is 19.1 Å². The van der Waals surface area contributed by atoms with Crippen LogP contribution >= 0.6 is 0 Å². The summed E-state index contributed by atoms with van der Waals surface area (Å²) in [6, 6.07) is -0.209. The minimum Gasteiger partial charge on any atom is -0.388 e. The zero-order chi connectivity index (χ0) is 17.0. The Bertz CT molecular complexity index is 595. The number of aliphatic hydroxyl groups is 2. The summed E-state index contributed by atoms with van der Waals surface area (Å²) in [7, 11) is 0. The topological polar surface area (TPSA) is 136 Å². The highest BCUT2D eigenvalue weighted by Gasteiger charge is 2.39. The summed E-state index contributed by atoms with van der Waals surface area (Å²) in [5.74, 6) is -0.354. The molecule has 0 unspecified atom stereocenters. The summed E-state index contributed by atoms with van der Waals surface area (Å²) < 4.78 is 43.0. The molecule has 2 heterocycles. The molecule has 126 valence electrons. The van der Waals surface area contributed by atoms with Crippen molar-refractivity contribution in [1.29, 1.82) is 0 Å². The second-order valence-electron chi connectivity index (χ2n) is 4.78. The standard InChI is InChI=1S/C11H13F3N6O3/c12-11(13,14)7-1-2-16-10(19-7)18-5-4-23-6(3-17-20-15)9(22)8(5)21/h1-2,5-6,8-9,21-22H,3-4H2,(H,16,18,19)/t5-,6+,8+,9-/m0/s1. The van der Waals surface area contributed by atoms with Crippen LogP contribution in [0.15, 0.2) is 17.4 Å². The van der Waals surface area contributed by atoms with E-state index < -0.39 is 36.2 Å². The average molecular weight is 334 g/mol. The molecule has 23 heavy (non-hydrogen) atoms. The summed E-state index contributed by atoms with van der Waals surface area (Å²) in [6.45, 7) is -0.315. The minimum atomic E-state index is -4.62. The Kier molecular flexibility index (Phi) is 5.21. The van der Waals surface area contributed by atoms with Crippen LogP contribution in [0.3, 0.4) is 0 Å². The normalized spacial score (nSPS) is 28.0. The van der Waals surface area contributed by atoms with E-state index in [1.54, 1.807) is 0 Å². The summed E-state index contributed by atoms with van der Waals surface area (Å²) in [5.41, 5.74) is 7.09. The number of anilines is 1. The number of nitrogens with zero attached hydrogens (tertiary/aromatic N) is 5. The molecular weight excluding hydrogens is 321 g/mol. The molecule has 0 aromatic carbocycles. The first kappa shape index (κ1) is 17.2. The van der Waals surface area contributed by atoms with Crippen molar-refractivity contribution >= 4 is 5.95 Å². The number of hydrogen-bond donors (Lipinski definition) is 3. The number of nitrogens with one attached hydrogen (secondary N) is 1. The Morgan fingerprint density at radius 2 is 2.17 bits per heavy atom. The van der Waals surface area contributed by atoms with E-state index in [4.69, 9.17) is 10.3 Å². The quantitative estimate of drug-likeness (QED) is 0.421. The lowest BCUT2D eigenvalue weighted by Crippen LogP contribution is -2.56. The van der Waals surface area contributed by atoms with E-state index in [0.717, 1.165) is 6.20 Å². The van der Waals surface area contributed by atoms with Crippen LogP contribution in [0.25, 0.3) is 10.4 Å². The third-order valence-electron chi connectivity index (χ3n) is 3.22. The molecule has 1 aliphatic rings. The summed E-state index contributed by atoms with van der Waals surface area (Å²) in [6.07, 6.45) is -7.34. The number of alkyl halides is 3. The highest BCUT2D eigenvalue weighted by Crippen LogP contribution is 2.28. The smallest absolute Gasteiger partial charge is 0.388 e. The maximum absolute atomic E-state index is 12.6. The number of aromatic nitrogens is 2. The van der Waals surface area contributed by atoms with Crippen LogP contribution in [0, 0.1) is 0 Å². The van der Waals surface area contributed by atoms with Crippen molar-refractivity contribution in [2.45, 2.75) is 30.5 Å². The molecule has 0 radical (unpaired) electrons. The zero-order valence-electron chi connectivity index (χ0n) is 11.6. The molecule has 4 atom stereocenters. The van der Waals surface area contributed by atoms with Crippen molar-refractivity contribution in [3.8, 4) is 0 Å². The largest absolute Gasteiger partial charge is 0.433 e. The molecule has 1 aromatic rings. The molecule has 0 saturated carbocycles. The maximum atomic E-state index is 12.6. The molecule has 9 nitrogen and oxygen atoms in total. The van der Waals surface area contributed by atoms with Crippen LogP contribution in [-0.2, 0) is 10.9 Å². The van der Waals surface area contributed by atoms with Gasteiger partial charge in [-0.15, -0.1) is 0 Å². The van der Waals surface area contributed by atoms with Crippen molar-refractivity contribution < 1.29 is 28.1 Å². The van der Waals surface area contributed by atoms with Gasteiger partial charge in [0.25, 0.3) is 0 Å². The van der Waals surface area contributed by atoms with Gasteiger partial charge >= 0.3 is 6.18 Å². The Labute approximate surface area is 127 Å². The van der Waals surface area contributed by atoms with Gasteiger partial charge < -0.3 is 20.3 Å². The third kappa shape index (κ3) is 4.20. The molecule has 12 heteroatoms. The van der Waals surface area contributed by atoms with E-state index in [9.17, 15) is 23.4 Å². The summed E-state index contributed by atoms with van der Waals surface area (Å²) in [5, 5.41) is 25.6. The molecular formula is C11H13F3N6O3. The van der Waals surface area contributed by atoms with Gasteiger partial charge in [-0.25, -0.2) is 9.97 Å². The van der Waals surface area contributed by atoms with Gasteiger partial charge in [0.15, 0.2) is 0 Å². The van der Waals surface area contributed by atoms with Gasteiger partial charge in [-0.2, -0.15) is 13.2 Å². The minimum absolute atomic E-state index is 0.135. The Morgan fingerprint density at radius 3 is 2.83 bits per heavy atom. The van der Waals surface area contributed by atoms with Gasteiger partial charge in [-0.05, 0) is 11.6 Å². The van der Waals surface area contributed by atoms with Crippen molar-refractivity contribution in [1.82, 2.24) is 9.97 Å². The Balaban J connectivity index is 2.05. The van der Waals surface area contributed by atoms with Gasteiger partial charge in [0, 0.05) is 11.1 Å². The fourth-order valence-corrected chi connectivity index (χ4v) is 2.04. The molecule has 0 aliphatic carbocycles. The van der Waals surface area contributed by atoms with Gasteiger partial charge in [0.1, 0.15) is 17.9 Å². The lowest BCUT2D eigenvalue weighted by Gasteiger charge is -2.37. The zero-order valence-corrected chi connectivity index (χ0v) is 11.6. The first-order valence-electron chi connectivity index (χ1n) is 6.48. The summed E-state index contributed by atoms with van der Waals surface area (Å²) >= 11 is 0. The van der Waals surface area contributed by atoms with Crippen molar-refractivity contribution in [2.24, 2.45) is 5.11 Å². The Hall–Kier alpha value is -2.14. The van der Waals surface area contributed by atoms with Crippen molar-refractivity contribution in [3.63, 3.8) is 0 Å². The first-order chi connectivity index (χ1) is 10.8. The van der Waals surface area contributed by atoms with Crippen molar-refractivity contribution in [2.75, 3.05) is 18.5 Å². The Morgan fingerprint density at radius 1 is 1.43 bits per heavy atom. The molecule has 3 N–H and O–H groups in total. The average Bonchev–Trinajstić information content (AvgIpc) is 2.51. The van der Waals surface area contributed by atoms with E-state index in [1.807, 2.05) is 0 Å². The van der Waals surface area contributed by atoms with Crippen LogP contribution in [0.2, 0.25) is 0 Å². The van der Waals surface area contributed by atoms with E-state index >= 15 is 0 Å². The number of azide groups is 1. The van der Waals surface area contributed by atoms with Crippen LogP contribution in [0.5, 0.6) is 0 Å². The number of halogens is 3. The lowest BCUT2D eigenvalue weighted by atomic mass is 9.98. The molecule has 1 aliphatic heterocycles. The number of ether oxygens (including phenoxy) is 1. The molecule has 2 rings (SSSR count). The molecule has 1 fully saturated rings. The fourth-order valence-electron chi connectivity index (χ4n) is 2.04. The lowest BCUT2D eigenvalue weighted by molar-refractivity contribution is -0.141. The molecule has 0 spiro atoms. The third-order valence-corrected chi connectivity index (χ3v) is 3.22. The predicted octanol–water partition coefficient (Wildman–Crippen LogP) is 0.707. The number of aliphatic hydroxyl groups excluding tert-OH is 2. The highest BCUT2D eigenvalue weighted by molar-refractivity contribution is 5.29. The number of rotatable bonds is 4. The first-order valence-corrected chi connectivity index (χ1v) is 6.48. The SMILES string of the molecule is [N-]=[N+]=NC[C@H]1OC[C@H](Nc2nccc(C(F)(F)F)n2)[C@@H](O)[C@H]1O. The second-order valence-corrected chi connectivity index (χ2v) is 4.78. The number of hydrogen-bond acceptors (Lipinski definition) is 7. The molecule has 0 amide bonds. The van der Waals surface area contributed by atoms with Crippen LogP contribution in [-0.4, -0.2) is 57.7 Å². The van der Waals surface area contributed by atoms with Crippen molar-refractivity contribution in [3.05, 3.63) is 28.4 Å². The van der Waals surface area contributed by atoms with Gasteiger partial charge in [0.05, 0.1) is 25.3 Å². The van der Waals surface area contributed by atoms with Crippen LogP contribution in [0.1, 0.15) is 5.69 Å². The van der Waals surface area contributed by atoms with Gasteiger partial charge in [-0.1, -0.05) is 5.11 Å². The predicted molar refractivity (Wildman–Crippen MR) is 70.2 cm³/mol. The van der Waals surface area contributed by atoms with Crippen LogP contribution in [0.4, 0.5) is 19.1 Å². The summed E-state index contributed by atoms with van der Waals surface area (Å²) in [4.78, 5) is 9.46. The van der Waals surface area contributed by atoms with Gasteiger partial charge in [0.2, 0.25) is 5.95 Å². The molecule has 0 bridgehead atoms. The monoisotopic (exact) mass is 334 g/mol. The van der Waals surface area contributed by atoms with Crippen LogP contribution < -0.4 is 5.32 Å². The molecule has 1 aromatic heterocycles. The van der Waals surface area contributed by atoms with Gasteiger partial charge in [-0.3, -0.25) is 0 Å². The van der Waals surface area contributed by atoms with E-state index in [1.165, 1.54) is 0 Å². The molecule has 1 saturated heterocycles. The maximum Gasteiger partial charge on any atom is 0.433 e. The highest BCUT2D eigenvalue weighted by atomic mass is 19.4. The second kappa shape index (κ2) is 6.96. The van der Waals surface area contributed by atoms with E-state index in [0.29, 0.717) is 6.07 Å². The fraction of sp³-hybridized carbons (Fsp3) is 0.636.